The van der Waals surface area contributed by atoms with E-state index in [-0.39, 0.29) is 0 Å². The van der Waals surface area contributed by atoms with E-state index in [0.29, 0.717) is 0 Å². The van der Waals surface area contributed by atoms with Crippen molar-refractivity contribution in [3.05, 3.63) is 0 Å². The zero-order valence-electron chi connectivity index (χ0n) is 10.5. The van der Waals surface area contributed by atoms with Gasteiger partial charge in [0.1, 0.15) is 0 Å². The van der Waals surface area contributed by atoms with Crippen LogP contribution in [0.5, 0.6) is 0 Å². The average Bonchev–Trinajstić information content (AvgIpc) is 3.15. The number of hydrogen-bond donors (Lipinski definition) is 1. The minimum atomic E-state index is 0.797. The van der Waals surface area contributed by atoms with Gasteiger partial charge in [0, 0.05) is 25.7 Å². The van der Waals surface area contributed by atoms with Crippen LogP contribution in [0.2, 0.25) is 0 Å². The number of nitrogens with one attached hydrogen (secondary N) is 1. The molecule has 1 N–H and O–H groups in total. The Balaban J connectivity index is 1.45. The van der Waals surface area contributed by atoms with Crippen molar-refractivity contribution in [3.63, 3.8) is 0 Å². The first-order valence-electron chi connectivity index (χ1n) is 7.36. The summed E-state index contributed by atoms with van der Waals surface area (Å²) < 4.78 is 0. The lowest BCUT2D eigenvalue weighted by atomic mass is 10.0. The maximum atomic E-state index is 3.70. The second-order valence-electron chi connectivity index (χ2n) is 6.25. The molecule has 2 heteroatoms. The summed E-state index contributed by atoms with van der Waals surface area (Å²) in [6.45, 7) is 5.38. The molecule has 0 aromatic heterocycles. The highest BCUT2D eigenvalue weighted by atomic mass is 15.2. The number of hydrogen-bond acceptors (Lipinski definition) is 2. The van der Waals surface area contributed by atoms with Gasteiger partial charge in [-0.15, -0.1) is 0 Å². The summed E-state index contributed by atoms with van der Waals surface area (Å²) in [4.78, 5) is 2.78. The molecule has 2 saturated carbocycles. The first kappa shape index (κ1) is 11.0. The Morgan fingerprint density at radius 2 is 1.50 bits per heavy atom. The molecule has 1 saturated heterocycles. The normalized spacial score (nSPS) is 30.9. The van der Waals surface area contributed by atoms with Crippen LogP contribution in [0, 0.1) is 11.8 Å². The molecule has 0 amide bonds. The SMILES string of the molecule is C1CCC(CN(CC2CC2)CC2CC2)NC1. The van der Waals surface area contributed by atoms with Gasteiger partial charge in [-0.1, -0.05) is 6.42 Å². The Bertz CT molecular complexity index is 201. The Hall–Kier alpha value is -0.0800. The van der Waals surface area contributed by atoms with E-state index in [9.17, 15) is 0 Å². The minimum Gasteiger partial charge on any atom is -0.313 e. The van der Waals surface area contributed by atoms with Crippen LogP contribution in [0.1, 0.15) is 44.9 Å². The van der Waals surface area contributed by atoms with Crippen molar-refractivity contribution in [2.24, 2.45) is 11.8 Å². The fourth-order valence-electron chi connectivity index (χ4n) is 2.95. The molecule has 0 bridgehead atoms. The molecule has 0 aromatic carbocycles. The molecule has 1 heterocycles. The number of piperidine rings is 1. The molecule has 1 aliphatic heterocycles. The zero-order valence-corrected chi connectivity index (χ0v) is 10.5. The molecule has 1 unspecified atom stereocenters. The first-order chi connectivity index (χ1) is 7.90. The van der Waals surface area contributed by atoms with E-state index >= 15 is 0 Å². The van der Waals surface area contributed by atoms with Crippen LogP contribution < -0.4 is 5.32 Å². The van der Waals surface area contributed by atoms with Gasteiger partial charge in [-0.05, 0) is 56.9 Å². The standard InChI is InChI=1S/C14H26N2/c1-2-8-15-14(3-1)11-16(9-12-4-5-12)10-13-6-7-13/h12-15H,1-11H2. The summed E-state index contributed by atoms with van der Waals surface area (Å²) in [5.41, 5.74) is 0. The zero-order chi connectivity index (χ0) is 10.8. The molecular formula is C14H26N2. The van der Waals surface area contributed by atoms with Crippen molar-refractivity contribution in [1.29, 1.82) is 0 Å². The van der Waals surface area contributed by atoms with Gasteiger partial charge in [-0.2, -0.15) is 0 Å². The lowest BCUT2D eigenvalue weighted by molar-refractivity contribution is 0.209. The second kappa shape index (κ2) is 5.05. The molecule has 2 nitrogen and oxygen atoms in total. The molecule has 3 fully saturated rings. The van der Waals surface area contributed by atoms with Crippen molar-refractivity contribution in [2.45, 2.75) is 51.0 Å². The van der Waals surface area contributed by atoms with Gasteiger partial charge in [0.05, 0.1) is 0 Å². The highest BCUT2D eigenvalue weighted by molar-refractivity contribution is 4.85. The molecule has 0 spiro atoms. The van der Waals surface area contributed by atoms with Crippen molar-refractivity contribution >= 4 is 0 Å². The largest absolute Gasteiger partial charge is 0.313 e. The summed E-state index contributed by atoms with van der Waals surface area (Å²) in [5.74, 6) is 2.12. The van der Waals surface area contributed by atoms with E-state index in [1.54, 1.807) is 0 Å². The molecule has 3 aliphatic rings. The van der Waals surface area contributed by atoms with E-state index in [1.807, 2.05) is 0 Å². The fraction of sp³-hybridized carbons (Fsp3) is 1.00. The van der Waals surface area contributed by atoms with Crippen molar-refractivity contribution in [1.82, 2.24) is 10.2 Å². The Morgan fingerprint density at radius 1 is 0.812 bits per heavy atom. The summed E-state index contributed by atoms with van der Waals surface area (Å²) in [6, 6.07) is 0.797. The van der Waals surface area contributed by atoms with Gasteiger partial charge in [-0.3, -0.25) is 0 Å². The van der Waals surface area contributed by atoms with Crippen LogP contribution in [-0.2, 0) is 0 Å². The molecule has 3 rings (SSSR count). The quantitative estimate of drug-likeness (QED) is 0.741. The van der Waals surface area contributed by atoms with Crippen LogP contribution in [0.4, 0.5) is 0 Å². The van der Waals surface area contributed by atoms with Gasteiger partial charge >= 0.3 is 0 Å². The van der Waals surface area contributed by atoms with Gasteiger partial charge < -0.3 is 10.2 Å². The number of rotatable bonds is 6. The maximum absolute atomic E-state index is 3.70. The monoisotopic (exact) mass is 222 g/mol. The summed E-state index contributed by atoms with van der Waals surface area (Å²) in [6.07, 6.45) is 10.2. The first-order valence-corrected chi connectivity index (χ1v) is 7.36. The Morgan fingerprint density at radius 3 is 2.00 bits per heavy atom. The van der Waals surface area contributed by atoms with Crippen molar-refractivity contribution < 1.29 is 0 Å². The van der Waals surface area contributed by atoms with Crippen LogP contribution in [0.25, 0.3) is 0 Å². The molecular weight excluding hydrogens is 196 g/mol. The van der Waals surface area contributed by atoms with Gasteiger partial charge in [0.2, 0.25) is 0 Å². The Kier molecular flexibility index (Phi) is 3.49. The predicted molar refractivity (Wildman–Crippen MR) is 67.5 cm³/mol. The molecule has 0 radical (unpaired) electrons. The third-order valence-electron chi connectivity index (χ3n) is 4.32. The summed E-state index contributed by atoms with van der Waals surface area (Å²) >= 11 is 0. The third-order valence-corrected chi connectivity index (χ3v) is 4.32. The molecule has 92 valence electrons. The van der Waals surface area contributed by atoms with E-state index < -0.39 is 0 Å². The van der Waals surface area contributed by atoms with Crippen LogP contribution in [0.15, 0.2) is 0 Å². The topological polar surface area (TPSA) is 15.3 Å². The van der Waals surface area contributed by atoms with Crippen LogP contribution in [-0.4, -0.2) is 37.1 Å². The lowest BCUT2D eigenvalue weighted by Crippen LogP contribution is -2.44. The van der Waals surface area contributed by atoms with Gasteiger partial charge in [-0.25, -0.2) is 0 Å². The van der Waals surface area contributed by atoms with Crippen LogP contribution >= 0.6 is 0 Å². The molecule has 1 atom stereocenters. The molecule has 16 heavy (non-hydrogen) atoms. The van der Waals surface area contributed by atoms with Crippen molar-refractivity contribution in [2.75, 3.05) is 26.2 Å². The molecule has 2 aliphatic carbocycles. The highest BCUT2D eigenvalue weighted by Gasteiger charge is 2.30. The lowest BCUT2D eigenvalue weighted by Gasteiger charge is -2.30. The van der Waals surface area contributed by atoms with E-state index in [4.69, 9.17) is 0 Å². The minimum absolute atomic E-state index is 0.797. The molecule has 0 aromatic rings. The maximum Gasteiger partial charge on any atom is 0.0195 e. The highest BCUT2D eigenvalue weighted by Crippen LogP contribution is 2.33. The van der Waals surface area contributed by atoms with Gasteiger partial charge in [0.25, 0.3) is 0 Å². The van der Waals surface area contributed by atoms with E-state index in [2.05, 4.69) is 10.2 Å². The second-order valence-corrected chi connectivity index (χ2v) is 6.25. The average molecular weight is 222 g/mol. The summed E-state index contributed by atoms with van der Waals surface area (Å²) in [7, 11) is 0. The van der Waals surface area contributed by atoms with Crippen LogP contribution in [0.3, 0.4) is 0 Å². The smallest absolute Gasteiger partial charge is 0.0195 e. The fourth-order valence-corrected chi connectivity index (χ4v) is 2.95. The number of nitrogens with zero attached hydrogens (tertiary/aromatic N) is 1. The van der Waals surface area contributed by atoms with Gasteiger partial charge in [0.15, 0.2) is 0 Å². The van der Waals surface area contributed by atoms with E-state index in [1.165, 1.54) is 71.1 Å². The third kappa shape index (κ3) is 3.46. The summed E-state index contributed by atoms with van der Waals surface area (Å²) in [5, 5.41) is 3.70. The Labute approximate surface area is 99.8 Å². The van der Waals surface area contributed by atoms with E-state index in [0.717, 1.165) is 17.9 Å². The predicted octanol–water partition coefficient (Wildman–Crippen LogP) is 2.25. The van der Waals surface area contributed by atoms with Crippen molar-refractivity contribution in [3.8, 4) is 0 Å².